The van der Waals surface area contributed by atoms with E-state index in [1.165, 1.54) is 12.8 Å². The van der Waals surface area contributed by atoms with Crippen LogP contribution in [0.5, 0.6) is 5.75 Å². The van der Waals surface area contributed by atoms with Crippen LogP contribution >= 0.6 is 0 Å². The second-order valence-electron chi connectivity index (χ2n) is 5.29. The normalized spacial score (nSPS) is 19.1. The van der Waals surface area contributed by atoms with E-state index in [0.717, 1.165) is 25.2 Å². The van der Waals surface area contributed by atoms with Crippen LogP contribution in [0.1, 0.15) is 19.8 Å². The molecule has 19 heavy (non-hydrogen) atoms. The predicted octanol–water partition coefficient (Wildman–Crippen LogP) is 1.80. The Bertz CT molecular complexity index is 487. The molecule has 1 fully saturated rings. The number of ether oxygens (including phenoxy) is 1. The summed E-state index contributed by atoms with van der Waals surface area (Å²) in [6.45, 7) is 8.89. The lowest BCUT2D eigenvalue weighted by molar-refractivity contribution is 0.319. The third-order valence-electron chi connectivity index (χ3n) is 3.31. The van der Waals surface area contributed by atoms with E-state index in [4.69, 9.17) is 4.74 Å². The van der Waals surface area contributed by atoms with E-state index in [9.17, 15) is 4.79 Å². The number of nitrogens with zero attached hydrogens (tertiary/aromatic N) is 1. The molecule has 0 aromatic carbocycles. The molecule has 1 aliphatic rings. The monoisotopic (exact) mass is 262 g/mol. The first-order valence-electron chi connectivity index (χ1n) is 6.84. The van der Waals surface area contributed by atoms with Crippen LogP contribution < -0.4 is 15.6 Å². The van der Waals surface area contributed by atoms with Crippen molar-refractivity contribution in [1.29, 1.82) is 0 Å². The van der Waals surface area contributed by atoms with Crippen molar-refractivity contribution in [2.24, 2.45) is 5.92 Å². The van der Waals surface area contributed by atoms with Crippen LogP contribution in [0.15, 0.2) is 35.3 Å². The minimum absolute atomic E-state index is 0.0469. The maximum Gasteiger partial charge on any atom is 0.292 e. The highest BCUT2D eigenvalue weighted by molar-refractivity contribution is 5.18. The van der Waals surface area contributed by atoms with Crippen molar-refractivity contribution >= 4 is 0 Å². The van der Waals surface area contributed by atoms with E-state index < -0.39 is 0 Å². The molecule has 1 saturated heterocycles. The van der Waals surface area contributed by atoms with E-state index in [2.05, 4.69) is 11.9 Å². The molecule has 1 aromatic heterocycles. The van der Waals surface area contributed by atoms with Gasteiger partial charge in [0.1, 0.15) is 6.61 Å². The smallest absolute Gasteiger partial charge is 0.292 e. The molecule has 1 aliphatic heterocycles. The highest BCUT2D eigenvalue weighted by Crippen LogP contribution is 2.12. The largest absolute Gasteiger partial charge is 0.484 e. The molecule has 0 radical (unpaired) electrons. The summed E-state index contributed by atoms with van der Waals surface area (Å²) >= 11 is 0. The number of piperidine rings is 1. The van der Waals surface area contributed by atoms with Crippen LogP contribution in [0.2, 0.25) is 0 Å². The van der Waals surface area contributed by atoms with Gasteiger partial charge in [0.25, 0.3) is 5.56 Å². The van der Waals surface area contributed by atoms with Gasteiger partial charge in [-0.3, -0.25) is 4.79 Å². The fraction of sp³-hybridized carbons (Fsp3) is 0.533. The first-order valence-corrected chi connectivity index (χ1v) is 6.84. The van der Waals surface area contributed by atoms with Crippen molar-refractivity contribution in [1.82, 2.24) is 9.88 Å². The van der Waals surface area contributed by atoms with Gasteiger partial charge in [-0.1, -0.05) is 6.58 Å². The van der Waals surface area contributed by atoms with Crippen molar-refractivity contribution in [3.63, 3.8) is 0 Å². The molecular formula is C15H22N2O2. The van der Waals surface area contributed by atoms with Gasteiger partial charge < -0.3 is 14.6 Å². The molecule has 104 valence electrons. The average Bonchev–Trinajstić information content (AvgIpc) is 2.41. The Balaban J connectivity index is 2.06. The van der Waals surface area contributed by atoms with Gasteiger partial charge in [0.05, 0.1) is 0 Å². The van der Waals surface area contributed by atoms with Gasteiger partial charge in [-0.15, -0.1) is 0 Å². The number of hydrogen-bond acceptors (Lipinski definition) is 3. The van der Waals surface area contributed by atoms with Gasteiger partial charge in [-0.05, 0) is 56.5 Å². The van der Waals surface area contributed by atoms with Crippen molar-refractivity contribution in [2.75, 3.05) is 19.7 Å². The second kappa shape index (κ2) is 6.57. The molecule has 1 unspecified atom stereocenters. The van der Waals surface area contributed by atoms with Crippen molar-refractivity contribution in [2.45, 2.75) is 26.3 Å². The number of hydrogen-bond donors (Lipinski definition) is 1. The SMILES string of the molecule is C=C(C)COc1cccn(CC2CCCNC2)c1=O. The lowest BCUT2D eigenvalue weighted by Gasteiger charge is -2.23. The highest BCUT2D eigenvalue weighted by atomic mass is 16.5. The minimum Gasteiger partial charge on any atom is -0.484 e. The van der Waals surface area contributed by atoms with E-state index in [0.29, 0.717) is 18.3 Å². The minimum atomic E-state index is -0.0469. The van der Waals surface area contributed by atoms with E-state index >= 15 is 0 Å². The Morgan fingerprint density at radius 1 is 1.63 bits per heavy atom. The molecule has 0 amide bonds. The molecule has 2 heterocycles. The number of aromatic nitrogens is 1. The Hall–Kier alpha value is -1.55. The van der Waals surface area contributed by atoms with Crippen molar-refractivity contribution < 1.29 is 4.74 Å². The Morgan fingerprint density at radius 2 is 2.47 bits per heavy atom. The summed E-state index contributed by atoms with van der Waals surface area (Å²) in [7, 11) is 0. The molecule has 0 saturated carbocycles. The van der Waals surface area contributed by atoms with Gasteiger partial charge in [-0.2, -0.15) is 0 Å². The fourth-order valence-corrected chi connectivity index (χ4v) is 2.33. The molecule has 1 atom stereocenters. The van der Waals surface area contributed by atoms with Gasteiger partial charge >= 0.3 is 0 Å². The first-order chi connectivity index (χ1) is 9.16. The van der Waals surface area contributed by atoms with Gasteiger partial charge in [0, 0.05) is 12.7 Å². The van der Waals surface area contributed by atoms with Crippen LogP contribution in [0, 0.1) is 5.92 Å². The molecule has 4 nitrogen and oxygen atoms in total. The van der Waals surface area contributed by atoms with E-state index in [-0.39, 0.29) is 5.56 Å². The molecule has 0 aliphatic carbocycles. The summed E-state index contributed by atoms with van der Waals surface area (Å²) in [5.74, 6) is 0.942. The van der Waals surface area contributed by atoms with E-state index in [1.54, 1.807) is 10.6 Å². The van der Waals surface area contributed by atoms with Crippen LogP contribution in [0.3, 0.4) is 0 Å². The lowest BCUT2D eigenvalue weighted by Crippen LogP contribution is -2.34. The third kappa shape index (κ3) is 3.96. The van der Waals surface area contributed by atoms with Crippen molar-refractivity contribution in [3.8, 4) is 5.75 Å². The maximum absolute atomic E-state index is 12.2. The maximum atomic E-state index is 12.2. The fourth-order valence-electron chi connectivity index (χ4n) is 2.33. The second-order valence-corrected chi connectivity index (χ2v) is 5.29. The molecule has 1 N–H and O–H groups in total. The highest BCUT2D eigenvalue weighted by Gasteiger charge is 2.14. The molecule has 0 spiro atoms. The van der Waals surface area contributed by atoms with Crippen LogP contribution in [0.25, 0.3) is 0 Å². The zero-order valence-electron chi connectivity index (χ0n) is 11.5. The first kappa shape index (κ1) is 13.9. The molecule has 1 aromatic rings. The van der Waals surface area contributed by atoms with Crippen LogP contribution in [-0.4, -0.2) is 24.3 Å². The van der Waals surface area contributed by atoms with Crippen LogP contribution in [0.4, 0.5) is 0 Å². The topological polar surface area (TPSA) is 43.3 Å². The zero-order valence-corrected chi connectivity index (χ0v) is 11.5. The summed E-state index contributed by atoms with van der Waals surface area (Å²) in [5.41, 5.74) is 0.862. The van der Waals surface area contributed by atoms with Gasteiger partial charge in [0.2, 0.25) is 0 Å². The molecule has 2 rings (SSSR count). The van der Waals surface area contributed by atoms with Gasteiger partial charge in [-0.25, -0.2) is 0 Å². The van der Waals surface area contributed by atoms with Crippen molar-refractivity contribution in [3.05, 3.63) is 40.8 Å². The molecule has 0 bridgehead atoms. The lowest BCUT2D eigenvalue weighted by atomic mass is 10.00. The predicted molar refractivity (Wildman–Crippen MR) is 76.6 cm³/mol. The Morgan fingerprint density at radius 3 is 3.16 bits per heavy atom. The van der Waals surface area contributed by atoms with Crippen LogP contribution in [-0.2, 0) is 6.54 Å². The number of pyridine rings is 1. The summed E-state index contributed by atoms with van der Waals surface area (Å²) in [5, 5.41) is 3.37. The summed E-state index contributed by atoms with van der Waals surface area (Å²) in [6, 6.07) is 3.59. The molecular weight excluding hydrogens is 240 g/mol. The molecule has 4 heteroatoms. The van der Waals surface area contributed by atoms with E-state index in [1.807, 2.05) is 19.2 Å². The number of rotatable bonds is 5. The quantitative estimate of drug-likeness (QED) is 0.823. The summed E-state index contributed by atoms with van der Waals surface area (Å²) < 4.78 is 7.23. The third-order valence-corrected chi connectivity index (χ3v) is 3.31. The Kier molecular flexibility index (Phi) is 4.80. The van der Waals surface area contributed by atoms with Gasteiger partial charge in [0.15, 0.2) is 5.75 Å². The zero-order chi connectivity index (χ0) is 13.7. The standard InChI is InChI=1S/C15H22N2O2/c1-12(2)11-19-14-6-4-8-17(15(14)18)10-13-5-3-7-16-9-13/h4,6,8,13,16H,1,3,5,7,9-11H2,2H3. The average molecular weight is 262 g/mol. The Labute approximate surface area is 114 Å². The summed E-state index contributed by atoms with van der Waals surface area (Å²) in [6.07, 6.45) is 4.20. The number of nitrogens with one attached hydrogen (secondary N) is 1. The summed E-state index contributed by atoms with van der Waals surface area (Å²) in [4.78, 5) is 12.2.